The molecule has 0 aliphatic carbocycles. The number of fused-ring (bicyclic) bond motifs is 1. The van der Waals surface area contributed by atoms with Crippen LogP contribution in [0.3, 0.4) is 0 Å². The molecule has 0 spiro atoms. The number of aliphatic hydroxyl groups excluding tert-OH is 1. The molecule has 206 valence electrons. The summed E-state index contributed by atoms with van der Waals surface area (Å²) in [5, 5.41) is 24.8. The SMILES string of the molecule is Nc1ncc(C(=O)NCCO)c2scc(COc3cccc(CNc4ccccc4)c3)c12.O=C(O)C(F)(F)F. The fourth-order valence-corrected chi connectivity index (χ4v) is 4.40. The van der Waals surface area contributed by atoms with Gasteiger partial charge in [-0.05, 0) is 35.2 Å². The average molecular weight is 563 g/mol. The summed E-state index contributed by atoms with van der Waals surface area (Å²) < 4.78 is 38.5. The van der Waals surface area contributed by atoms with Gasteiger partial charge in [0.25, 0.3) is 5.91 Å². The minimum atomic E-state index is -5.08. The van der Waals surface area contributed by atoms with Crippen molar-refractivity contribution in [3.05, 3.63) is 82.9 Å². The summed E-state index contributed by atoms with van der Waals surface area (Å²) in [5.74, 6) is -1.93. The Morgan fingerprint density at radius 2 is 1.82 bits per heavy atom. The van der Waals surface area contributed by atoms with Gasteiger partial charge in [-0.2, -0.15) is 13.2 Å². The third-order valence-corrected chi connectivity index (χ3v) is 6.21. The number of anilines is 2. The number of aliphatic hydroxyl groups is 1. The van der Waals surface area contributed by atoms with Crippen LogP contribution in [-0.4, -0.2) is 46.4 Å². The van der Waals surface area contributed by atoms with Gasteiger partial charge in [-0.3, -0.25) is 4.79 Å². The summed E-state index contributed by atoms with van der Waals surface area (Å²) in [5.41, 5.74) is 9.59. The number of benzene rings is 2. The van der Waals surface area contributed by atoms with Crippen molar-refractivity contribution in [2.45, 2.75) is 19.3 Å². The zero-order valence-corrected chi connectivity index (χ0v) is 21.2. The van der Waals surface area contributed by atoms with E-state index < -0.39 is 12.1 Å². The number of amides is 1. The molecule has 0 bridgehead atoms. The van der Waals surface area contributed by atoms with Gasteiger partial charge in [-0.1, -0.05) is 30.3 Å². The number of hydrogen-bond donors (Lipinski definition) is 5. The van der Waals surface area contributed by atoms with Crippen molar-refractivity contribution in [2.75, 3.05) is 24.2 Å². The lowest BCUT2D eigenvalue weighted by molar-refractivity contribution is -0.192. The number of carboxylic acids is 1. The highest BCUT2D eigenvalue weighted by molar-refractivity contribution is 7.17. The molecule has 0 unspecified atom stereocenters. The zero-order chi connectivity index (χ0) is 28.4. The molecule has 0 fully saturated rings. The Bertz CT molecular complexity index is 1410. The van der Waals surface area contributed by atoms with Gasteiger partial charge in [0.15, 0.2) is 0 Å². The van der Waals surface area contributed by atoms with Crippen LogP contribution in [0, 0.1) is 0 Å². The number of rotatable bonds is 9. The van der Waals surface area contributed by atoms with Crippen LogP contribution in [-0.2, 0) is 17.9 Å². The third-order valence-electron chi connectivity index (χ3n) is 5.15. The number of carbonyl (C=O) groups excluding carboxylic acids is 1. The molecule has 0 radical (unpaired) electrons. The van der Waals surface area contributed by atoms with Crippen molar-refractivity contribution in [3.63, 3.8) is 0 Å². The molecule has 2 heterocycles. The molecule has 0 atom stereocenters. The van der Waals surface area contributed by atoms with Crippen molar-refractivity contribution < 1.29 is 37.7 Å². The second-order valence-corrected chi connectivity index (χ2v) is 8.84. The molecule has 39 heavy (non-hydrogen) atoms. The van der Waals surface area contributed by atoms with Crippen molar-refractivity contribution in [1.82, 2.24) is 10.3 Å². The quantitative estimate of drug-likeness (QED) is 0.201. The number of carboxylic acid groups (broad SMARTS) is 1. The maximum absolute atomic E-state index is 12.4. The van der Waals surface area contributed by atoms with E-state index in [4.69, 9.17) is 25.5 Å². The number of halogens is 3. The highest BCUT2D eigenvalue weighted by atomic mass is 32.1. The number of pyridine rings is 1. The minimum Gasteiger partial charge on any atom is -0.489 e. The molecule has 4 aromatic rings. The number of aliphatic carboxylic acids is 1. The van der Waals surface area contributed by atoms with E-state index >= 15 is 0 Å². The van der Waals surface area contributed by atoms with E-state index in [1.54, 1.807) is 0 Å². The maximum atomic E-state index is 12.4. The average Bonchev–Trinajstić information content (AvgIpc) is 3.35. The van der Waals surface area contributed by atoms with Gasteiger partial charge in [0.2, 0.25) is 0 Å². The van der Waals surface area contributed by atoms with Crippen LogP contribution >= 0.6 is 11.3 Å². The molecule has 0 saturated carbocycles. The topological polar surface area (TPSA) is 147 Å². The molecule has 2 aromatic heterocycles. The third kappa shape index (κ3) is 8.32. The Labute approximate surface area is 225 Å². The molecule has 13 heteroatoms. The predicted octanol–water partition coefficient (Wildman–Crippen LogP) is 4.43. The molecule has 9 nitrogen and oxygen atoms in total. The predicted molar refractivity (Wildman–Crippen MR) is 142 cm³/mol. The first-order valence-electron chi connectivity index (χ1n) is 11.4. The first-order chi connectivity index (χ1) is 18.6. The highest BCUT2D eigenvalue weighted by Gasteiger charge is 2.38. The van der Waals surface area contributed by atoms with Crippen molar-refractivity contribution in [2.24, 2.45) is 0 Å². The number of hydrogen-bond acceptors (Lipinski definition) is 8. The molecule has 4 rings (SSSR count). The van der Waals surface area contributed by atoms with Crippen LogP contribution < -0.4 is 21.1 Å². The zero-order valence-electron chi connectivity index (χ0n) is 20.4. The van der Waals surface area contributed by atoms with E-state index in [-0.39, 0.29) is 19.1 Å². The van der Waals surface area contributed by atoms with Gasteiger partial charge in [-0.15, -0.1) is 11.3 Å². The van der Waals surface area contributed by atoms with E-state index in [0.717, 1.165) is 32.6 Å². The Hall–Kier alpha value is -4.36. The molecule has 1 amide bonds. The summed E-state index contributed by atoms with van der Waals surface area (Å²) in [6, 6.07) is 17.9. The van der Waals surface area contributed by atoms with Crippen LogP contribution in [0.1, 0.15) is 21.5 Å². The molecule has 0 aliphatic rings. The van der Waals surface area contributed by atoms with Gasteiger partial charge in [0.05, 0.1) is 16.9 Å². The largest absolute Gasteiger partial charge is 0.490 e. The number of nitrogens with one attached hydrogen (secondary N) is 2. The van der Waals surface area contributed by atoms with Crippen LogP contribution in [0.5, 0.6) is 5.75 Å². The number of ether oxygens (including phenoxy) is 1. The van der Waals surface area contributed by atoms with E-state index in [9.17, 15) is 18.0 Å². The van der Waals surface area contributed by atoms with Gasteiger partial charge < -0.3 is 31.3 Å². The number of nitrogens with two attached hydrogens (primary N) is 1. The maximum Gasteiger partial charge on any atom is 0.490 e. The van der Waals surface area contributed by atoms with Gasteiger partial charge in [0.1, 0.15) is 18.2 Å². The number of thiophene rings is 1. The highest BCUT2D eigenvalue weighted by Crippen LogP contribution is 2.33. The molecular formula is C26H25F3N4O5S. The van der Waals surface area contributed by atoms with Crippen molar-refractivity contribution in [1.29, 1.82) is 0 Å². The van der Waals surface area contributed by atoms with Crippen LogP contribution in [0.15, 0.2) is 66.2 Å². The normalized spacial score (nSPS) is 10.9. The summed E-state index contributed by atoms with van der Waals surface area (Å²) >= 11 is 1.43. The Morgan fingerprint density at radius 1 is 1.10 bits per heavy atom. The van der Waals surface area contributed by atoms with Gasteiger partial charge in [0, 0.05) is 35.9 Å². The van der Waals surface area contributed by atoms with E-state index in [2.05, 4.69) is 15.6 Å². The number of nitrogen functional groups attached to an aromatic ring is 1. The van der Waals surface area contributed by atoms with Crippen molar-refractivity contribution >= 4 is 44.8 Å². The number of nitrogens with zero attached hydrogens (tertiary/aromatic N) is 1. The van der Waals surface area contributed by atoms with Gasteiger partial charge in [-0.25, -0.2) is 9.78 Å². The second kappa shape index (κ2) is 13.4. The number of para-hydroxylation sites is 1. The lowest BCUT2D eigenvalue weighted by atomic mass is 10.1. The van der Waals surface area contributed by atoms with Gasteiger partial charge >= 0.3 is 12.1 Å². The first kappa shape index (κ1) is 29.2. The number of alkyl halides is 3. The molecular weight excluding hydrogens is 537 g/mol. The van der Waals surface area contributed by atoms with Crippen molar-refractivity contribution in [3.8, 4) is 5.75 Å². The second-order valence-electron chi connectivity index (χ2n) is 7.96. The Balaban J connectivity index is 0.000000532. The van der Waals surface area contributed by atoms with Crippen LogP contribution in [0.4, 0.5) is 24.7 Å². The molecule has 0 saturated heterocycles. The molecule has 0 aliphatic heterocycles. The Kier molecular flexibility index (Phi) is 10.1. The van der Waals surface area contributed by atoms with E-state index in [1.165, 1.54) is 17.5 Å². The van der Waals surface area contributed by atoms with Crippen LogP contribution in [0.25, 0.3) is 10.1 Å². The van der Waals surface area contributed by atoms with E-state index in [0.29, 0.717) is 24.5 Å². The van der Waals surface area contributed by atoms with E-state index in [1.807, 2.05) is 60.0 Å². The lowest BCUT2D eigenvalue weighted by Gasteiger charge is -2.10. The fourth-order valence-electron chi connectivity index (χ4n) is 3.33. The minimum absolute atomic E-state index is 0.124. The number of aromatic nitrogens is 1. The van der Waals surface area contributed by atoms with Crippen LogP contribution in [0.2, 0.25) is 0 Å². The first-order valence-corrected chi connectivity index (χ1v) is 12.3. The summed E-state index contributed by atoms with van der Waals surface area (Å²) in [6.07, 6.45) is -3.62. The lowest BCUT2D eigenvalue weighted by Crippen LogP contribution is -2.26. The fraction of sp³-hybridized carbons (Fsp3) is 0.192. The molecule has 6 N–H and O–H groups in total. The number of carbonyl (C=O) groups is 2. The summed E-state index contributed by atoms with van der Waals surface area (Å²) in [4.78, 5) is 25.5. The molecule has 2 aromatic carbocycles. The smallest absolute Gasteiger partial charge is 0.489 e. The standard InChI is InChI=1S/C24H24N4O3S.C2HF3O2/c25-23-21-17(15-32-22(21)20(13-28-23)24(30)26-9-10-29)14-31-19-8-4-5-16(11-19)12-27-18-6-2-1-3-7-18;3-2(4,5)1(6)7/h1-8,11,13,15,27,29H,9-10,12,14H2,(H2,25,28)(H,26,30);(H,6,7). The summed E-state index contributed by atoms with van der Waals surface area (Å²) in [7, 11) is 0. The monoisotopic (exact) mass is 562 g/mol. The summed E-state index contributed by atoms with van der Waals surface area (Å²) in [6.45, 7) is 1.05. The Morgan fingerprint density at radius 3 is 2.49 bits per heavy atom.